The molecule has 1 N–H and O–H groups in total. The fourth-order valence-corrected chi connectivity index (χ4v) is 1.45. The smallest absolute Gasteiger partial charge is 0.311 e. The van der Waals surface area contributed by atoms with Gasteiger partial charge in [0.25, 0.3) is 0 Å². The van der Waals surface area contributed by atoms with Crippen molar-refractivity contribution in [2.24, 2.45) is 0 Å². The van der Waals surface area contributed by atoms with Gasteiger partial charge < -0.3 is 5.11 Å². The molecule has 1 rings (SSSR count). The molecule has 0 aliphatic heterocycles. The molecule has 0 aromatic heterocycles. The fraction of sp³-hybridized carbons (Fsp3) is 0.182. The van der Waals surface area contributed by atoms with Crippen LogP contribution in [0.2, 0.25) is 0 Å². The van der Waals surface area contributed by atoms with Gasteiger partial charge in [0, 0.05) is 0 Å². The number of hydrogen-bond acceptors (Lipinski definition) is 1. The second kappa shape index (κ2) is 5.79. The normalized spacial score (nSPS) is 11.9. The van der Waals surface area contributed by atoms with Crippen LogP contribution < -0.4 is 0 Å². The number of carboxylic acids is 1. The van der Waals surface area contributed by atoms with Gasteiger partial charge in [0.2, 0.25) is 0 Å². The Hall–Kier alpha value is -0.990. The zero-order valence-corrected chi connectivity index (χ0v) is 9.37. The van der Waals surface area contributed by atoms with Crippen LogP contribution in [0, 0.1) is 0 Å². The van der Waals surface area contributed by atoms with E-state index < -0.39 is 11.9 Å². The van der Waals surface area contributed by atoms with E-state index in [1.807, 2.05) is 6.07 Å². The highest BCUT2D eigenvalue weighted by molar-refractivity contribution is 6.55. The van der Waals surface area contributed by atoms with E-state index >= 15 is 0 Å². The molecule has 1 aromatic carbocycles. The van der Waals surface area contributed by atoms with E-state index in [0.29, 0.717) is 6.42 Å². The number of aliphatic carboxylic acids is 1. The Kier molecular flexibility index (Phi) is 4.66. The van der Waals surface area contributed by atoms with Gasteiger partial charge in [-0.3, -0.25) is 4.79 Å². The SMILES string of the molecule is O=C(O)[C@H](CC=C(Cl)Cl)c1ccccc1. The van der Waals surface area contributed by atoms with Crippen LogP contribution in [0.25, 0.3) is 0 Å². The van der Waals surface area contributed by atoms with Crippen LogP contribution in [0.3, 0.4) is 0 Å². The summed E-state index contributed by atoms with van der Waals surface area (Å²) >= 11 is 10.9. The Morgan fingerprint density at radius 3 is 2.40 bits per heavy atom. The van der Waals surface area contributed by atoms with Gasteiger partial charge in [-0.15, -0.1) is 0 Å². The summed E-state index contributed by atoms with van der Waals surface area (Å²) in [5.41, 5.74) is 0.746. The summed E-state index contributed by atoms with van der Waals surface area (Å²) in [4.78, 5) is 11.0. The molecule has 0 aliphatic carbocycles. The lowest BCUT2D eigenvalue weighted by atomic mass is 9.96. The molecule has 2 nitrogen and oxygen atoms in total. The lowest BCUT2D eigenvalue weighted by Crippen LogP contribution is -2.10. The van der Waals surface area contributed by atoms with E-state index in [1.165, 1.54) is 6.08 Å². The van der Waals surface area contributed by atoms with Crippen LogP contribution in [0.15, 0.2) is 40.9 Å². The molecule has 0 radical (unpaired) electrons. The van der Waals surface area contributed by atoms with E-state index in [4.69, 9.17) is 28.3 Å². The maximum atomic E-state index is 11.0. The lowest BCUT2D eigenvalue weighted by Gasteiger charge is -2.09. The molecule has 15 heavy (non-hydrogen) atoms. The molecule has 1 atom stereocenters. The third-order valence-electron chi connectivity index (χ3n) is 2.01. The molecule has 80 valence electrons. The third kappa shape index (κ3) is 3.94. The predicted molar refractivity (Wildman–Crippen MR) is 61.2 cm³/mol. The standard InChI is InChI=1S/C11H10Cl2O2/c12-10(13)7-6-9(11(14)15)8-4-2-1-3-5-8/h1-5,7,9H,6H2,(H,14,15)/t9-/m1/s1. The van der Waals surface area contributed by atoms with E-state index in [2.05, 4.69) is 0 Å². The minimum atomic E-state index is -0.882. The van der Waals surface area contributed by atoms with E-state index in [1.54, 1.807) is 24.3 Å². The highest BCUT2D eigenvalue weighted by Crippen LogP contribution is 2.22. The van der Waals surface area contributed by atoms with Crippen LogP contribution in [0.5, 0.6) is 0 Å². The predicted octanol–water partition coefficient (Wildman–Crippen LogP) is 3.56. The number of carbonyl (C=O) groups is 1. The zero-order chi connectivity index (χ0) is 11.3. The number of carboxylic acid groups (broad SMARTS) is 1. The van der Waals surface area contributed by atoms with Crippen LogP contribution >= 0.6 is 23.2 Å². The van der Waals surface area contributed by atoms with Crippen molar-refractivity contribution in [1.82, 2.24) is 0 Å². The average molecular weight is 245 g/mol. The second-order valence-electron chi connectivity index (χ2n) is 3.03. The highest BCUT2D eigenvalue weighted by Gasteiger charge is 2.17. The van der Waals surface area contributed by atoms with E-state index in [0.717, 1.165) is 5.56 Å². The largest absolute Gasteiger partial charge is 0.481 e. The summed E-state index contributed by atoms with van der Waals surface area (Å²) in [6, 6.07) is 8.99. The first-order chi connectivity index (χ1) is 7.11. The Morgan fingerprint density at radius 2 is 1.93 bits per heavy atom. The van der Waals surface area contributed by atoms with Crippen molar-refractivity contribution in [2.75, 3.05) is 0 Å². The first kappa shape index (κ1) is 12.1. The summed E-state index contributed by atoms with van der Waals surface area (Å²) in [7, 11) is 0. The Bertz CT molecular complexity index is 356. The summed E-state index contributed by atoms with van der Waals surface area (Å²) in [6.07, 6.45) is 1.79. The van der Waals surface area contributed by atoms with Crippen molar-refractivity contribution >= 4 is 29.2 Å². The molecule has 0 aliphatic rings. The first-order valence-corrected chi connectivity index (χ1v) is 5.15. The molecule has 0 fully saturated rings. The summed E-state index contributed by atoms with van der Waals surface area (Å²) < 4.78 is 0.0946. The van der Waals surface area contributed by atoms with Gasteiger partial charge in [-0.2, -0.15) is 0 Å². The van der Waals surface area contributed by atoms with Gasteiger partial charge in [0.05, 0.1) is 5.92 Å². The van der Waals surface area contributed by atoms with E-state index in [-0.39, 0.29) is 4.49 Å². The van der Waals surface area contributed by atoms with Crippen molar-refractivity contribution in [1.29, 1.82) is 0 Å². The summed E-state index contributed by atoms with van der Waals surface area (Å²) in [5.74, 6) is -1.48. The topological polar surface area (TPSA) is 37.3 Å². The maximum Gasteiger partial charge on any atom is 0.311 e. The van der Waals surface area contributed by atoms with Crippen molar-refractivity contribution in [3.63, 3.8) is 0 Å². The molecule has 0 saturated carbocycles. The molecule has 0 amide bonds. The van der Waals surface area contributed by atoms with Crippen molar-refractivity contribution < 1.29 is 9.90 Å². The van der Waals surface area contributed by atoms with Gasteiger partial charge >= 0.3 is 5.97 Å². The number of allylic oxidation sites excluding steroid dienone is 1. The van der Waals surface area contributed by atoms with Gasteiger partial charge in [0.1, 0.15) is 4.49 Å². The van der Waals surface area contributed by atoms with Crippen LogP contribution in [0.1, 0.15) is 17.9 Å². The second-order valence-corrected chi connectivity index (χ2v) is 4.04. The van der Waals surface area contributed by atoms with Gasteiger partial charge in [-0.05, 0) is 12.0 Å². The Balaban J connectivity index is 2.85. The molecule has 0 saturated heterocycles. The number of hydrogen-bond donors (Lipinski definition) is 1. The molecule has 1 aromatic rings. The van der Waals surface area contributed by atoms with Gasteiger partial charge in [-0.25, -0.2) is 0 Å². The molecule has 0 spiro atoms. The van der Waals surface area contributed by atoms with Crippen molar-refractivity contribution in [3.05, 3.63) is 46.5 Å². The zero-order valence-electron chi connectivity index (χ0n) is 7.86. The fourth-order valence-electron chi connectivity index (χ4n) is 1.27. The maximum absolute atomic E-state index is 11.0. The van der Waals surface area contributed by atoms with Crippen LogP contribution in [-0.4, -0.2) is 11.1 Å². The number of benzene rings is 1. The Labute approximate surface area is 98.1 Å². The molecular weight excluding hydrogens is 235 g/mol. The highest BCUT2D eigenvalue weighted by atomic mass is 35.5. The van der Waals surface area contributed by atoms with Gasteiger partial charge in [-0.1, -0.05) is 59.6 Å². The number of halogens is 2. The van der Waals surface area contributed by atoms with E-state index in [9.17, 15) is 4.79 Å². The molecular formula is C11H10Cl2O2. The third-order valence-corrected chi connectivity index (χ3v) is 2.32. The average Bonchev–Trinajstić information content (AvgIpc) is 2.18. The van der Waals surface area contributed by atoms with Crippen molar-refractivity contribution in [3.8, 4) is 0 Å². The van der Waals surface area contributed by atoms with Crippen LogP contribution in [0.4, 0.5) is 0 Å². The summed E-state index contributed by atoms with van der Waals surface area (Å²) in [6.45, 7) is 0. The molecule has 0 bridgehead atoms. The molecule has 0 unspecified atom stereocenters. The lowest BCUT2D eigenvalue weighted by molar-refractivity contribution is -0.138. The van der Waals surface area contributed by atoms with Crippen molar-refractivity contribution in [2.45, 2.75) is 12.3 Å². The molecule has 0 heterocycles. The summed E-state index contributed by atoms with van der Waals surface area (Å²) in [5, 5.41) is 9.02. The quantitative estimate of drug-likeness (QED) is 0.880. The minimum absolute atomic E-state index is 0.0946. The van der Waals surface area contributed by atoms with Gasteiger partial charge in [0.15, 0.2) is 0 Å². The van der Waals surface area contributed by atoms with Crippen LogP contribution in [-0.2, 0) is 4.79 Å². The minimum Gasteiger partial charge on any atom is -0.481 e. The Morgan fingerprint density at radius 1 is 1.33 bits per heavy atom. The monoisotopic (exact) mass is 244 g/mol. The first-order valence-electron chi connectivity index (χ1n) is 4.40. The number of rotatable bonds is 4. The molecule has 4 heteroatoms.